The molecule has 35 heavy (non-hydrogen) atoms. The maximum absolute atomic E-state index is 13.6. The summed E-state index contributed by atoms with van der Waals surface area (Å²) in [5, 5.41) is 13.0. The van der Waals surface area contributed by atoms with Gasteiger partial charge in [-0.05, 0) is 41.5 Å². The van der Waals surface area contributed by atoms with Crippen molar-refractivity contribution in [1.29, 1.82) is 0 Å². The zero-order valence-electron chi connectivity index (χ0n) is 18.7. The van der Waals surface area contributed by atoms with Crippen LogP contribution >= 0.6 is 0 Å². The molecule has 3 atom stereocenters. The molecule has 0 bridgehead atoms. The first kappa shape index (κ1) is 24.6. The summed E-state index contributed by atoms with van der Waals surface area (Å²) in [5.41, 5.74) is 3.74. The Kier molecular flexibility index (Phi) is 7.00. The third-order valence-electron chi connectivity index (χ3n) is 6.57. The lowest BCUT2D eigenvalue weighted by atomic mass is 9.85. The largest absolute Gasteiger partial charge is 0.481 e. The van der Waals surface area contributed by atoms with Crippen LogP contribution in [-0.2, 0) is 14.3 Å². The molecule has 2 amide bonds. The number of aliphatic carboxylic acids is 1. The van der Waals surface area contributed by atoms with Gasteiger partial charge in [0.2, 0.25) is 6.04 Å². The van der Waals surface area contributed by atoms with E-state index in [1.54, 1.807) is 5.32 Å². The SMILES string of the molecule is O=C(NC(C(=O)N[C@H]1CCC[C@@H](C(=O)O)C1)C(F)(F)F)OCC1c2ccccc2-c2ccccc21. The van der Waals surface area contributed by atoms with Crippen LogP contribution < -0.4 is 10.6 Å². The predicted octanol–water partition coefficient (Wildman–Crippen LogP) is 4.22. The molecule has 1 unspecified atom stereocenters. The van der Waals surface area contributed by atoms with Crippen molar-refractivity contribution in [2.45, 2.75) is 49.9 Å². The van der Waals surface area contributed by atoms with Crippen LogP contribution in [0.5, 0.6) is 0 Å². The number of carbonyl (C=O) groups excluding carboxylic acids is 2. The first-order valence-electron chi connectivity index (χ1n) is 11.4. The number of nitrogens with one attached hydrogen (secondary N) is 2. The van der Waals surface area contributed by atoms with E-state index in [0.29, 0.717) is 19.3 Å². The average molecular weight is 490 g/mol. The third kappa shape index (κ3) is 5.41. The van der Waals surface area contributed by atoms with Crippen molar-refractivity contribution < 1.29 is 37.4 Å². The van der Waals surface area contributed by atoms with Crippen LogP contribution in [0.1, 0.15) is 42.7 Å². The number of rotatable bonds is 6. The fourth-order valence-electron chi connectivity index (χ4n) is 4.88. The minimum Gasteiger partial charge on any atom is -0.481 e. The quantitative estimate of drug-likeness (QED) is 0.563. The molecular weight excluding hydrogens is 465 g/mol. The van der Waals surface area contributed by atoms with Crippen molar-refractivity contribution in [3.8, 4) is 11.1 Å². The number of ether oxygens (including phenoxy) is 1. The number of benzene rings is 2. The van der Waals surface area contributed by atoms with E-state index in [1.807, 2.05) is 48.5 Å². The zero-order chi connectivity index (χ0) is 25.2. The first-order valence-corrected chi connectivity index (χ1v) is 11.4. The highest BCUT2D eigenvalue weighted by molar-refractivity contribution is 5.87. The molecule has 0 spiro atoms. The molecule has 2 aromatic carbocycles. The lowest BCUT2D eigenvalue weighted by molar-refractivity contribution is -0.168. The van der Waals surface area contributed by atoms with Gasteiger partial charge in [-0.1, -0.05) is 55.0 Å². The van der Waals surface area contributed by atoms with Gasteiger partial charge < -0.3 is 20.5 Å². The van der Waals surface area contributed by atoms with E-state index in [1.165, 1.54) is 0 Å². The molecule has 0 saturated heterocycles. The standard InChI is InChI=1S/C25H25F3N2O5/c26-25(27,28)21(22(31)29-15-7-5-6-14(12-15)23(32)33)30-24(34)35-13-20-18-10-3-1-8-16(18)17-9-2-4-11-19(17)20/h1-4,8-11,14-15,20-21H,5-7,12-13H2,(H,29,31)(H,30,34)(H,32,33)/t14-,15+,21?/m1/s1. The smallest absolute Gasteiger partial charge is 0.417 e. The van der Waals surface area contributed by atoms with Crippen molar-refractivity contribution in [3.05, 3.63) is 59.7 Å². The van der Waals surface area contributed by atoms with Gasteiger partial charge in [0.15, 0.2) is 0 Å². The summed E-state index contributed by atoms with van der Waals surface area (Å²) < 4.78 is 45.9. The molecule has 0 aromatic heterocycles. The van der Waals surface area contributed by atoms with E-state index < -0.39 is 42.1 Å². The van der Waals surface area contributed by atoms with E-state index in [9.17, 15) is 27.6 Å². The van der Waals surface area contributed by atoms with E-state index >= 15 is 0 Å². The minimum atomic E-state index is -5.06. The highest BCUT2D eigenvalue weighted by Gasteiger charge is 2.47. The number of amides is 2. The Bertz CT molecular complexity index is 1070. The predicted molar refractivity (Wildman–Crippen MR) is 120 cm³/mol. The van der Waals surface area contributed by atoms with Crippen LogP contribution in [0, 0.1) is 5.92 Å². The number of alkyl halides is 3. The normalized spacial score (nSPS) is 20.3. The maximum atomic E-state index is 13.6. The number of carbonyl (C=O) groups is 3. The number of alkyl carbamates (subject to hydrolysis) is 1. The lowest BCUT2D eigenvalue weighted by Gasteiger charge is -2.29. The highest BCUT2D eigenvalue weighted by Crippen LogP contribution is 2.44. The van der Waals surface area contributed by atoms with Crippen molar-refractivity contribution >= 4 is 18.0 Å². The van der Waals surface area contributed by atoms with Gasteiger partial charge in [-0.15, -0.1) is 0 Å². The van der Waals surface area contributed by atoms with Gasteiger partial charge in [0.05, 0.1) is 5.92 Å². The average Bonchev–Trinajstić information content (AvgIpc) is 3.14. The van der Waals surface area contributed by atoms with Crippen LogP contribution in [0.3, 0.4) is 0 Å². The molecule has 0 aliphatic heterocycles. The van der Waals surface area contributed by atoms with E-state index in [-0.39, 0.29) is 18.9 Å². The number of fused-ring (bicyclic) bond motifs is 3. The topological polar surface area (TPSA) is 105 Å². The van der Waals surface area contributed by atoms with Gasteiger partial charge in [0.1, 0.15) is 6.61 Å². The molecule has 2 aromatic rings. The van der Waals surface area contributed by atoms with Crippen LogP contribution in [0.25, 0.3) is 11.1 Å². The Labute approximate surface area is 199 Å². The monoisotopic (exact) mass is 490 g/mol. The van der Waals surface area contributed by atoms with Crippen LogP contribution in [-0.4, -0.2) is 47.9 Å². The van der Waals surface area contributed by atoms with Gasteiger partial charge in [-0.2, -0.15) is 13.2 Å². The molecule has 7 nitrogen and oxygen atoms in total. The number of halogens is 3. The second kappa shape index (κ2) is 9.97. The summed E-state index contributed by atoms with van der Waals surface area (Å²) in [7, 11) is 0. The van der Waals surface area contributed by atoms with E-state index in [2.05, 4.69) is 5.32 Å². The Morgan fingerprint density at radius 3 is 2.17 bits per heavy atom. The molecule has 2 aliphatic rings. The number of hydrogen-bond donors (Lipinski definition) is 3. The van der Waals surface area contributed by atoms with Gasteiger partial charge in [-0.3, -0.25) is 9.59 Å². The number of carboxylic acid groups (broad SMARTS) is 1. The number of hydrogen-bond acceptors (Lipinski definition) is 4. The van der Waals surface area contributed by atoms with Gasteiger partial charge >= 0.3 is 18.2 Å². The summed E-state index contributed by atoms with van der Waals surface area (Å²) in [4.78, 5) is 35.9. The van der Waals surface area contributed by atoms with Crippen LogP contribution in [0.15, 0.2) is 48.5 Å². The molecule has 1 saturated carbocycles. The fourth-order valence-corrected chi connectivity index (χ4v) is 4.88. The Hall–Kier alpha value is -3.56. The maximum Gasteiger partial charge on any atom is 0.417 e. The zero-order valence-corrected chi connectivity index (χ0v) is 18.7. The molecule has 3 N–H and O–H groups in total. The summed E-state index contributed by atoms with van der Waals surface area (Å²) in [6.45, 7) is -0.199. The van der Waals surface area contributed by atoms with Crippen molar-refractivity contribution in [1.82, 2.24) is 10.6 Å². The van der Waals surface area contributed by atoms with Gasteiger partial charge in [-0.25, -0.2) is 4.79 Å². The summed E-state index contributed by atoms with van der Waals surface area (Å²) in [6.07, 6.45) is -5.14. The van der Waals surface area contributed by atoms with Crippen molar-refractivity contribution in [2.75, 3.05) is 6.61 Å². The fraction of sp³-hybridized carbons (Fsp3) is 0.400. The molecule has 0 radical (unpaired) electrons. The first-order chi connectivity index (χ1) is 16.6. The highest BCUT2D eigenvalue weighted by atomic mass is 19.4. The Morgan fingerprint density at radius 2 is 1.60 bits per heavy atom. The van der Waals surface area contributed by atoms with Crippen LogP contribution in [0.2, 0.25) is 0 Å². The molecule has 10 heteroatoms. The summed E-state index contributed by atoms with van der Waals surface area (Å²) in [6, 6.07) is 11.5. The molecule has 186 valence electrons. The Balaban J connectivity index is 1.40. The molecule has 1 fully saturated rings. The van der Waals surface area contributed by atoms with Gasteiger partial charge in [0.25, 0.3) is 5.91 Å². The molecule has 0 heterocycles. The number of carboxylic acids is 1. The third-order valence-corrected chi connectivity index (χ3v) is 6.57. The van der Waals surface area contributed by atoms with E-state index in [0.717, 1.165) is 22.3 Å². The summed E-state index contributed by atoms with van der Waals surface area (Å²) >= 11 is 0. The van der Waals surface area contributed by atoms with Crippen LogP contribution in [0.4, 0.5) is 18.0 Å². The second-order valence-corrected chi connectivity index (χ2v) is 8.85. The molecule has 2 aliphatic carbocycles. The summed E-state index contributed by atoms with van der Waals surface area (Å²) in [5.74, 6) is -3.56. The van der Waals surface area contributed by atoms with Gasteiger partial charge in [0, 0.05) is 12.0 Å². The second-order valence-electron chi connectivity index (χ2n) is 8.85. The minimum absolute atomic E-state index is 0.0383. The molecular formula is C25H25F3N2O5. The Morgan fingerprint density at radius 1 is 1.00 bits per heavy atom. The molecule has 4 rings (SSSR count). The lowest BCUT2D eigenvalue weighted by Crippen LogP contribution is -2.57. The van der Waals surface area contributed by atoms with Crippen molar-refractivity contribution in [3.63, 3.8) is 0 Å². The van der Waals surface area contributed by atoms with E-state index in [4.69, 9.17) is 9.84 Å². The van der Waals surface area contributed by atoms with Crippen molar-refractivity contribution in [2.24, 2.45) is 5.92 Å².